The maximum Gasteiger partial charge on any atom is 0.244 e. The van der Waals surface area contributed by atoms with Gasteiger partial charge in [0.2, 0.25) is 15.9 Å². The average Bonchev–Trinajstić information content (AvgIpc) is 2.80. The monoisotopic (exact) mass is 478 g/mol. The highest BCUT2D eigenvalue weighted by atomic mass is 35.5. The van der Waals surface area contributed by atoms with E-state index >= 15 is 0 Å². The van der Waals surface area contributed by atoms with E-state index in [2.05, 4.69) is 10.2 Å². The number of nitrogens with zero attached hydrogens (tertiary/aromatic N) is 3. The molecular weight excluding hydrogens is 452 g/mol. The highest BCUT2D eigenvalue weighted by molar-refractivity contribution is 7.89. The first-order chi connectivity index (χ1) is 15.4. The van der Waals surface area contributed by atoms with Gasteiger partial charge in [-0.2, -0.15) is 4.31 Å². The van der Waals surface area contributed by atoms with Crippen LogP contribution >= 0.6 is 11.6 Å². The van der Waals surface area contributed by atoms with E-state index in [-0.39, 0.29) is 22.4 Å². The zero-order valence-corrected chi connectivity index (χ0v) is 19.3. The summed E-state index contributed by atoms with van der Waals surface area (Å²) in [4.78, 5) is 16.8. The maximum absolute atomic E-state index is 12.9. The molecule has 0 atom stereocenters. The van der Waals surface area contributed by atoms with E-state index in [1.807, 2.05) is 29.2 Å². The van der Waals surface area contributed by atoms with Crippen LogP contribution in [0.1, 0.15) is 0 Å². The van der Waals surface area contributed by atoms with Crippen LogP contribution in [0.25, 0.3) is 0 Å². The predicted octanol–water partition coefficient (Wildman–Crippen LogP) is 2.12. The summed E-state index contributed by atoms with van der Waals surface area (Å²) in [6.07, 6.45) is 0. The molecule has 8 nitrogen and oxygen atoms in total. The first-order valence-corrected chi connectivity index (χ1v) is 12.4. The van der Waals surface area contributed by atoms with Crippen molar-refractivity contribution in [3.8, 4) is 0 Å². The number of rotatable bonds is 6. The van der Waals surface area contributed by atoms with Crippen molar-refractivity contribution in [2.24, 2.45) is 0 Å². The topological polar surface area (TPSA) is 82.2 Å². The first kappa shape index (κ1) is 23.0. The van der Waals surface area contributed by atoms with Gasteiger partial charge in [0, 0.05) is 50.6 Å². The molecule has 0 saturated carbocycles. The summed E-state index contributed by atoms with van der Waals surface area (Å²) in [5.74, 6) is -0.119. The van der Waals surface area contributed by atoms with Crippen LogP contribution in [-0.4, -0.2) is 82.6 Å². The lowest BCUT2D eigenvalue weighted by Gasteiger charge is -2.33. The number of anilines is 2. The van der Waals surface area contributed by atoms with E-state index < -0.39 is 10.0 Å². The molecule has 2 fully saturated rings. The molecular formula is C22H27ClN4O4S. The summed E-state index contributed by atoms with van der Waals surface area (Å²) < 4.78 is 32.5. The number of benzene rings is 2. The molecule has 32 heavy (non-hydrogen) atoms. The van der Waals surface area contributed by atoms with Crippen LogP contribution in [0.2, 0.25) is 5.02 Å². The van der Waals surface area contributed by atoms with E-state index in [1.54, 1.807) is 18.2 Å². The normalized spacial score (nSPS) is 18.5. The Morgan fingerprint density at radius 1 is 0.938 bits per heavy atom. The third-order valence-corrected chi connectivity index (χ3v) is 8.08. The minimum absolute atomic E-state index is 0.119. The molecule has 2 aromatic carbocycles. The summed E-state index contributed by atoms with van der Waals surface area (Å²) in [6, 6.07) is 14.2. The number of carbonyl (C=O) groups excluding carboxylic acids is 1. The molecule has 0 bridgehead atoms. The van der Waals surface area contributed by atoms with Crippen LogP contribution in [0.15, 0.2) is 53.4 Å². The molecule has 1 N–H and O–H groups in total. The molecule has 10 heteroatoms. The third kappa shape index (κ3) is 5.41. The highest BCUT2D eigenvalue weighted by Gasteiger charge is 2.30. The molecule has 2 aliphatic heterocycles. The van der Waals surface area contributed by atoms with Gasteiger partial charge in [0.15, 0.2) is 0 Å². The van der Waals surface area contributed by atoms with Gasteiger partial charge in [-0.3, -0.25) is 9.69 Å². The van der Waals surface area contributed by atoms with Crippen LogP contribution in [0.4, 0.5) is 11.4 Å². The van der Waals surface area contributed by atoms with Crippen molar-refractivity contribution in [2.45, 2.75) is 4.90 Å². The van der Waals surface area contributed by atoms with E-state index in [9.17, 15) is 13.2 Å². The number of hydrogen-bond acceptors (Lipinski definition) is 6. The Morgan fingerprint density at radius 2 is 1.59 bits per heavy atom. The number of ether oxygens (including phenoxy) is 1. The largest absolute Gasteiger partial charge is 0.378 e. The molecule has 0 unspecified atom stereocenters. The Bertz CT molecular complexity index is 1030. The second-order valence-corrected chi connectivity index (χ2v) is 10.1. The Labute approximate surface area is 193 Å². The summed E-state index contributed by atoms with van der Waals surface area (Å²) in [7, 11) is -3.64. The zero-order chi connectivity index (χ0) is 22.6. The van der Waals surface area contributed by atoms with Crippen molar-refractivity contribution in [3.05, 3.63) is 53.6 Å². The molecule has 4 rings (SSSR count). The molecule has 2 aliphatic rings. The SMILES string of the molecule is O=C(CN1CCN(S(=O)(=O)c2ccccc2Cl)CC1)Nc1ccc(N2CCOCC2)cc1. The standard InChI is InChI=1S/C22H27ClN4O4S/c23-20-3-1-2-4-21(20)32(29,30)27-11-9-25(10-12-27)17-22(28)24-18-5-7-19(8-6-18)26-13-15-31-16-14-26/h1-8H,9-17H2,(H,24,28). The summed E-state index contributed by atoms with van der Waals surface area (Å²) in [5.41, 5.74) is 1.86. The van der Waals surface area contributed by atoms with Crippen LogP contribution in [0.3, 0.4) is 0 Å². The van der Waals surface area contributed by atoms with Crippen LogP contribution < -0.4 is 10.2 Å². The molecule has 0 aromatic heterocycles. The lowest BCUT2D eigenvalue weighted by molar-refractivity contribution is -0.117. The van der Waals surface area contributed by atoms with Gasteiger partial charge in [0.25, 0.3) is 0 Å². The minimum Gasteiger partial charge on any atom is -0.378 e. The molecule has 1 amide bonds. The van der Waals surface area contributed by atoms with Gasteiger partial charge in [-0.1, -0.05) is 23.7 Å². The van der Waals surface area contributed by atoms with Crippen LogP contribution in [0, 0.1) is 0 Å². The van der Waals surface area contributed by atoms with E-state index in [4.69, 9.17) is 16.3 Å². The van der Waals surface area contributed by atoms with Crippen molar-refractivity contribution in [2.75, 3.05) is 69.2 Å². The summed E-state index contributed by atoms with van der Waals surface area (Å²) in [6.45, 7) is 4.99. The van der Waals surface area contributed by atoms with Crippen molar-refractivity contribution >= 4 is 38.9 Å². The quantitative estimate of drug-likeness (QED) is 0.685. The van der Waals surface area contributed by atoms with Crippen molar-refractivity contribution in [1.82, 2.24) is 9.21 Å². The smallest absolute Gasteiger partial charge is 0.244 e. The second-order valence-electron chi connectivity index (χ2n) is 7.81. The number of nitrogens with one attached hydrogen (secondary N) is 1. The Balaban J connectivity index is 1.27. The van der Waals surface area contributed by atoms with Gasteiger partial charge < -0.3 is 15.0 Å². The Kier molecular flexibility index (Phi) is 7.32. The lowest BCUT2D eigenvalue weighted by atomic mass is 10.2. The zero-order valence-electron chi connectivity index (χ0n) is 17.7. The van der Waals surface area contributed by atoms with Gasteiger partial charge in [0.05, 0.1) is 24.8 Å². The number of amides is 1. The number of halogens is 1. The highest BCUT2D eigenvalue weighted by Crippen LogP contribution is 2.25. The fraction of sp³-hybridized carbons (Fsp3) is 0.409. The van der Waals surface area contributed by atoms with Crippen molar-refractivity contribution in [3.63, 3.8) is 0 Å². The number of sulfonamides is 1. The van der Waals surface area contributed by atoms with Crippen molar-refractivity contribution in [1.29, 1.82) is 0 Å². The molecule has 172 valence electrons. The number of hydrogen-bond donors (Lipinski definition) is 1. The van der Waals surface area contributed by atoms with Gasteiger partial charge in [-0.25, -0.2) is 8.42 Å². The third-order valence-electron chi connectivity index (χ3n) is 5.68. The number of carbonyl (C=O) groups is 1. The average molecular weight is 479 g/mol. The molecule has 0 spiro atoms. The fourth-order valence-electron chi connectivity index (χ4n) is 3.90. The van der Waals surface area contributed by atoms with Gasteiger partial charge in [0.1, 0.15) is 4.90 Å². The summed E-state index contributed by atoms with van der Waals surface area (Å²) >= 11 is 6.08. The van der Waals surface area contributed by atoms with Gasteiger partial charge in [-0.15, -0.1) is 0 Å². The van der Waals surface area contributed by atoms with E-state index in [0.717, 1.165) is 37.7 Å². The Hall–Kier alpha value is -2.17. The van der Waals surface area contributed by atoms with Crippen molar-refractivity contribution < 1.29 is 17.9 Å². The van der Waals surface area contributed by atoms with Crippen LogP contribution in [-0.2, 0) is 19.6 Å². The van der Waals surface area contributed by atoms with E-state index in [0.29, 0.717) is 26.2 Å². The maximum atomic E-state index is 12.9. The lowest BCUT2D eigenvalue weighted by Crippen LogP contribution is -2.50. The Morgan fingerprint density at radius 3 is 2.25 bits per heavy atom. The fourth-order valence-corrected chi connectivity index (χ4v) is 5.82. The molecule has 2 heterocycles. The number of piperazine rings is 1. The van der Waals surface area contributed by atoms with Crippen LogP contribution in [0.5, 0.6) is 0 Å². The molecule has 0 radical (unpaired) electrons. The van der Waals surface area contributed by atoms with E-state index in [1.165, 1.54) is 10.4 Å². The number of morpholine rings is 1. The predicted molar refractivity (Wildman–Crippen MR) is 125 cm³/mol. The molecule has 2 aromatic rings. The second kappa shape index (κ2) is 10.2. The van der Waals surface area contributed by atoms with Gasteiger partial charge in [-0.05, 0) is 36.4 Å². The summed E-state index contributed by atoms with van der Waals surface area (Å²) in [5, 5.41) is 3.14. The molecule has 2 saturated heterocycles. The minimum atomic E-state index is -3.64. The first-order valence-electron chi connectivity index (χ1n) is 10.6. The van der Waals surface area contributed by atoms with Gasteiger partial charge >= 0.3 is 0 Å². The molecule has 0 aliphatic carbocycles.